The maximum atomic E-state index is 12.0. The van der Waals surface area contributed by atoms with Gasteiger partial charge in [0.25, 0.3) is 0 Å². The van der Waals surface area contributed by atoms with Crippen LogP contribution in [0, 0.1) is 11.8 Å². The molecule has 2 saturated heterocycles. The molecule has 4 fully saturated rings. The van der Waals surface area contributed by atoms with E-state index in [-0.39, 0.29) is 36.0 Å². The summed E-state index contributed by atoms with van der Waals surface area (Å²) in [6.45, 7) is 14.0. The molecule has 2 saturated carbocycles. The molecule has 4 aliphatic rings. The van der Waals surface area contributed by atoms with Gasteiger partial charge in [0.15, 0.2) is 0 Å². The molecule has 0 spiro atoms. The molecular weight excluding hydrogens is 504 g/mol. The summed E-state index contributed by atoms with van der Waals surface area (Å²) in [4.78, 5) is 50.6. The number of hydrogen-bond donors (Lipinski definition) is 2. The highest BCUT2D eigenvalue weighted by Crippen LogP contribution is 2.32. The number of carbonyl (C=O) groups is 4. The van der Waals surface area contributed by atoms with E-state index in [1.807, 2.05) is 60.5 Å². The molecular formula is C28H50N4O7. The average molecular weight is 555 g/mol. The van der Waals surface area contributed by atoms with E-state index in [2.05, 4.69) is 5.32 Å². The molecule has 0 aromatic rings. The second-order valence-electron chi connectivity index (χ2n) is 12.9. The molecule has 0 unspecified atom stereocenters. The fourth-order valence-electron chi connectivity index (χ4n) is 4.17. The minimum absolute atomic E-state index is 0.0185. The minimum Gasteiger partial charge on any atom is -0.481 e. The van der Waals surface area contributed by atoms with Crippen LogP contribution in [0.2, 0.25) is 0 Å². The molecule has 4 rings (SSSR count). The average Bonchev–Trinajstić information content (AvgIpc) is 3.75. The van der Waals surface area contributed by atoms with Gasteiger partial charge in [-0.2, -0.15) is 0 Å². The quantitative estimate of drug-likeness (QED) is 0.540. The molecule has 0 aromatic heterocycles. The highest BCUT2D eigenvalue weighted by Gasteiger charge is 2.38. The van der Waals surface area contributed by atoms with Gasteiger partial charge in [0, 0.05) is 45.2 Å². The van der Waals surface area contributed by atoms with Crippen LogP contribution in [0.25, 0.3) is 0 Å². The fourth-order valence-corrected chi connectivity index (χ4v) is 4.17. The van der Waals surface area contributed by atoms with Crippen LogP contribution in [0.1, 0.15) is 80.1 Å². The lowest BCUT2D eigenvalue weighted by atomic mass is 10.2. The monoisotopic (exact) mass is 554 g/mol. The van der Waals surface area contributed by atoms with Gasteiger partial charge in [0.2, 0.25) is 5.91 Å². The zero-order valence-electron chi connectivity index (χ0n) is 25.1. The van der Waals surface area contributed by atoms with Crippen molar-refractivity contribution < 1.29 is 33.8 Å². The van der Waals surface area contributed by atoms with Crippen LogP contribution in [-0.4, -0.2) is 107 Å². The predicted molar refractivity (Wildman–Crippen MR) is 147 cm³/mol. The summed E-state index contributed by atoms with van der Waals surface area (Å²) in [5, 5.41) is 11.2. The Morgan fingerprint density at radius 3 is 1.59 bits per heavy atom. The Hall–Kier alpha value is -2.56. The lowest BCUT2D eigenvalue weighted by Crippen LogP contribution is -2.41. The van der Waals surface area contributed by atoms with Gasteiger partial charge in [-0.3, -0.25) is 9.59 Å². The zero-order valence-corrected chi connectivity index (χ0v) is 25.1. The third-order valence-electron chi connectivity index (χ3n) is 6.81. The summed E-state index contributed by atoms with van der Waals surface area (Å²) in [5.74, 6) is -0.142. The lowest BCUT2D eigenvalue weighted by molar-refractivity contribution is -0.138. The largest absolute Gasteiger partial charge is 0.481 e. The van der Waals surface area contributed by atoms with Crippen LogP contribution in [0.15, 0.2) is 0 Å². The lowest BCUT2D eigenvalue weighted by Gasteiger charge is -2.26. The van der Waals surface area contributed by atoms with E-state index >= 15 is 0 Å². The van der Waals surface area contributed by atoms with Gasteiger partial charge >= 0.3 is 18.2 Å². The molecule has 11 nitrogen and oxygen atoms in total. The number of ether oxygens (including phenoxy) is 2. The van der Waals surface area contributed by atoms with Crippen LogP contribution >= 0.6 is 0 Å². The number of amides is 3. The Labute approximate surface area is 233 Å². The molecule has 2 atom stereocenters. The molecule has 2 aliphatic carbocycles. The van der Waals surface area contributed by atoms with Crippen molar-refractivity contribution in [2.24, 2.45) is 11.8 Å². The normalized spacial score (nSPS) is 22.7. The van der Waals surface area contributed by atoms with E-state index in [9.17, 15) is 19.2 Å². The summed E-state index contributed by atoms with van der Waals surface area (Å²) in [6.07, 6.45) is 5.21. The van der Waals surface area contributed by atoms with Crippen molar-refractivity contribution in [2.75, 3.05) is 40.3 Å². The number of hydrogen-bond acceptors (Lipinski definition) is 7. The van der Waals surface area contributed by atoms with E-state index < -0.39 is 17.2 Å². The number of likely N-dealkylation sites (N-methyl/N-ethyl adjacent to an activating group) is 2. The summed E-state index contributed by atoms with van der Waals surface area (Å²) >= 11 is 0. The Kier molecular flexibility index (Phi) is 11.4. The van der Waals surface area contributed by atoms with E-state index in [0.29, 0.717) is 19.1 Å². The first kappa shape index (κ1) is 32.7. The van der Waals surface area contributed by atoms with Gasteiger partial charge in [0.05, 0.1) is 12.0 Å². The van der Waals surface area contributed by atoms with Crippen LogP contribution < -0.4 is 5.32 Å². The van der Waals surface area contributed by atoms with Crippen molar-refractivity contribution in [3.05, 3.63) is 0 Å². The summed E-state index contributed by atoms with van der Waals surface area (Å²) < 4.78 is 10.6. The molecule has 2 N–H and O–H groups in total. The minimum atomic E-state index is -0.630. The standard InChI is InChI=1S/C14H24N2O3.C10H20N2O2.C4H6O2/c1-14(2,3)19-13(18)16-8-7-11(9-16)15(4)12(17)10-5-6-10;1-10(2,3)14-9(13)12-6-5-8(7-12)11-4;5-4(6)3-1-2-3/h10-11H,5-9H2,1-4H3;8,11H,5-7H2,1-4H3;3H,1-2H2,(H,5,6)/t11-;8-;/m00./s1. The molecule has 0 aromatic carbocycles. The number of carboxylic acid groups (broad SMARTS) is 1. The van der Waals surface area contributed by atoms with Crippen molar-refractivity contribution in [3.8, 4) is 0 Å². The van der Waals surface area contributed by atoms with Gasteiger partial charge in [0.1, 0.15) is 11.2 Å². The third-order valence-corrected chi connectivity index (χ3v) is 6.81. The highest BCUT2D eigenvalue weighted by atomic mass is 16.6. The van der Waals surface area contributed by atoms with Crippen molar-refractivity contribution in [2.45, 2.75) is 103 Å². The summed E-state index contributed by atoms with van der Waals surface area (Å²) in [5.41, 5.74) is -0.861. The second kappa shape index (κ2) is 13.7. The number of carbonyl (C=O) groups excluding carboxylic acids is 3. The molecule has 2 aliphatic heterocycles. The van der Waals surface area contributed by atoms with E-state index in [1.165, 1.54) is 0 Å². The highest BCUT2D eigenvalue weighted by molar-refractivity contribution is 5.81. The summed E-state index contributed by atoms with van der Waals surface area (Å²) in [6, 6.07) is 0.558. The van der Waals surface area contributed by atoms with Gasteiger partial charge in [-0.15, -0.1) is 0 Å². The smallest absolute Gasteiger partial charge is 0.410 e. The van der Waals surface area contributed by atoms with E-state index in [4.69, 9.17) is 14.6 Å². The van der Waals surface area contributed by atoms with Crippen LogP contribution in [0.3, 0.4) is 0 Å². The molecule has 11 heteroatoms. The van der Waals surface area contributed by atoms with Crippen LogP contribution in [-0.2, 0) is 19.1 Å². The number of aliphatic carboxylic acids is 1. The van der Waals surface area contributed by atoms with Gasteiger partial charge in [-0.1, -0.05) is 0 Å². The van der Waals surface area contributed by atoms with Crippen LogP contribution in [0.4, 0.5) is 9.59 Å². The number of likely N-dealkylation sites (tertiary alicyclic amines) is 2. The Morgan fingerprint density at radius 2 is 1.23 bits per heavy atom. The Bertz CT molecular complexity index is 859. The number of carboxylic acids is 1. The second-order valence-corrected chi connectivity index (χ2v) is 12.9. The first-order valence-corrected chi connectivity index (χ1v) is 14.1. The molecule has 0 bridgehead atoms. The number of rotatable bonds is 4. The molecule has 39 heavy (non-hydrogen) atoms. The van der Waals surface area contributed by atoms with Gasteiger partial charge < -0.3 is 34.6 Å². The molecule has 3 amide bonds. The maximum Gasteiger partial charge on any atom is 0.410 e. The maximum absolute atomic E-state index is 12.0. The molecule has 2 heterocycles. The molecule has 0 radical (unpaired) electrons. The van der Waals surface area contributed by atoms with Crippen molar-refractivity contribution in [1.29, 1.82) is 0 Å². The molecule has 224 valence electrons. The van der Waals surface area contributed by atoms with Crippen molar-refractivity contribution in [3.63, 3.8) is 0 Å². The van der Waals surface area contributed by atoms with Crippen LogP contribution in [0.5, 0.6) is 0 Å². The Morgan fingerprint density at radius 1 is 0.769 bits per heavy atom. The van der Waals surface area contributed by atoms with Crippen molar-refractivity contribution in [1.82, 2.24) is 20.0 Å². The third kappa shape index (κ3) is 12.0. The first-order valence-electron chi connectivity index (χ1n) is 14.1. The fraction of sp³-hybridized carbons (Fsp3) is 0.857. The first-order chi connectivity index (χ1) is 18.0. The van der Waals surface area contributed by atoms with Crippen molar-refractivity contribution >= 4 is 24.1 Å². The zero-order chi connectivity index (χ0) is 29.5. The van der Waals surface area contributed by atoms with E-state index in [0.717, 1.165) is 51.6 Å². The van der Waals surface area contributed by atoms with E-state index in [1.54, 1.807) is 9.80 Å². The number of nitrogens with zero attached hydrogens (tertiary/aromatic N) is 3. The summed E-state index contributed by atoms with van der Waals surface area (Å²) in [7, 11) is 3.77. The SMILES string of the molecule is CN(C(=O)C1CC1)[C@H]1CCN(C(=O)OC(C)(C)C)C1.CN[C@H]1CCN(C(=O)OC(C)(C)C)C1.O=C(O)C1CC1. The predicted octanol–water partition coefficient (Wildman–Crippen LogP) is 3.56. The Balaban J connectivity index is 0.000000232. The van der Waals surface area contributed by atoms with Gasteiger partial charge in [-0.05, 0) is 87.1 Å². The topological polar surface area (TPSA) is 129 Å². The van der Waals surface area contributed by atoms with Gasteiger partial charge in [-0.25, -0.2) is 9.59 Å². The number of nitrogens with one attached hydrogen (secondary N) is 1.